The number of nitrogens with zero attached hydrogens (tertiary/aromatic N) is 1. The van der Waals surface area contributed by atoms with E-state index in [4.69, 9.17) is 4.74 Å². The van der Waals surface area contributed by atoms with Gasteiger partial charge in [-0.05, 0) is 24.6 Å². The maximum Gasteiger partial charge on any atom is 0.259 e. The summed E-state index contributed by atoms with van der Waals surface area (Å²) >= 11 is 0. The number of rotatable bonds is 1. The first-order valence-electron chi connectivity index (χ1n) is 6.48. The lowest BCUT2D eigenvalue weighted by Gasteiger charge is -2.21. The molecule has 0 spiro atoms. The normalized spacial score (nSPS) is 14.1. The van der Waals surface area contributed by atoms with Gasteiger partial charge in [-0.1, -0.05) is 12.1 Å². The second-order valence-corrected chi connectivity index (χ2v) is 4.57. The third-order valence-electron chi connectivity index (χ3n) is 3.22. The standard InChI is InChI=1S/C15H14N2O3/c18-14-7-6-11(10-16-14)15(19)17-8-3-9-20-13-5-2-1-4-12(13)17/h1-2,4-7,10H,3,8-9H2,(H,16,18). The molecule has 0 unspecified atom stereocenters. The molecule has 0 saturated carbocycles. The minimum atomic E-state index is -0.221. The molecular weight excluding hydrogens is 256 g/mol. The van der Waals surface area contributed by atoms with E-state index in [-0.39, 0.29) is 11.5 Å². The van der Waals surface area contributed by atoms with E-state index in [0.717, 1.165) is 12.1 Å². The molecule has 1 aromatic heterocycles. The van der Waals surface area contributed by atoms with E-state index in [1.54, 1.807) is 4.90 Å². The fraction of sp³-hybridized carbons (Fsp3) is 0.200. The van der Waals surface area contributed by atoms with Crippen LogP contribution in [0.15, 0.2) is 47.4 Å². The average molecular weight is 270 g/mol. The molecule has 2 aromatic rings. The van der Waals surface area contributed by atoms with Crippen LogP contribution in [0.4, 0.5) is 5.69 Å². The topological polar surface area (TPSA) is 62.4 Å². The van der Waals surface area contributed by atoms with Gasteiger partial charge in [0.15, 0.2) is 0 Å². The molecule has 5 heteroatoms. The molecule has 2 heterocycles. The van der Waals surface area contributed by atoms with Crippen molar-refractivity contribution in [3.8, 4) is 5.75 Å². The number of pyridine rings is 1. The Morgan fingerprint density at radius 1 is 1.20 bits per heavy atom. The molecular formula is C15H14N2O3. The first-order chi connectivity index (χ1) is 9.75. The zero-order valence-corrected chi connectivity index (χ0v) is 10.8. The van der Waals surface area contributed by atoms with Gasteiger partial charge in [-0.25, -0.2) is 0 Å². The number of carbonyl (C=O) groups is 1. The van der Waals surface area contributed by atoms with Gasteiger partial charge < -0.3 is 14.6 Å². The number of fused-ring (bicyclic) bond motifs is 1. The van der Waals surface area contributed by atoms with Crippen LogP contribution >= 0.6 is 0 Å². The van der Waals surface area contributed by atoms with E-state index in [1.807, 2.05) is 24.3 Å². The van der Waals surface area contributed by atoms with E-state index < -0.39 is 0 Å². The number of aromatic nitrogens is 1. The molecule has 20 heavy (non-hydrogen) atoms. The molecule has 1 aromatic carbocycles. The summed E-state index contributed by atoms with van der Waals surface area (Å²) in [6.07, 6.45) is 2.21. The SMILES string of the molecule is O=C(c1ccc(=O)[nH]c1)N1CCCOc2ccccc21. The fourth-order valence-corrected chi connectivity index (χ4v) is 2.24. The van der Waals surface area contributed by atoms with Crippen molar-refractivity contribution in [2.24, 2.45) is 0 Å². The summed E-state index contributed by atoms with van der Waals surface area (Å²) in [5.74, 6) is 0.571. The second-order valence-electron chi connectivity index (χ2n) is 4.57. The summed E-state index contributed by atoms with van der Waals surface area (Å²) in [7, 11) is 0. The van der Waals surface area contributed by atoms with Crippen molar-refractivity contribution < 1.29 is 9.53 Å². The minimum absolute atomic E-state index is 0.140. The quantitative estimate of drug-likeness (QED) is 0.859. The lowest BCUT2D eigenvalue weighted by molar-refractivity contribution is 0.0987. The fourth-order valence-electron chi connectivity index (χ4n) is 2.24. The van der Waals surface area contributed by atoms with Gasteiger partial charge in [-0.2, -0.15) is 0 Å². The van der Waals surface area contributed by atoms with E-state index in [0.29, 0.717) is 24.5 Å². The second kappa shape index (κ2) is 5.21. The van der Waals surface area contributed by atoms with Crippen LogP contribution in [0.25, 0.3) is 0 Å². The number of carbonyl (C=O) groups excluding carboxylic acids is 1. The summed E-state index contributed by atoms with van der Waals surface area (Å²) in [6.45, 7) is 1.18. The first-order valence-corrected chi connectivity index (χ1v) is 6.48. The third-order valence-corrected chi connectivity index (χ3v) is 3.22. The monoisotopic (exact) mass is 270 g/mol. The van der Waals surface area contributed by atoms with Crippen LogP contribution in [0.1, 0.15) is 16.8 Å². The molecule has 0 aliphatic carbocycles. The molecule has 0 bridgehead atoms. The number of H-pyrrole nitrogens is 1. The Morgan fingerprint density at radius 3 is 2.85 bits per heavy atom. The lowest BCUT2D eigenvalue weighted by atomic mass is 10.2. The van der Waals surface area contributed by atoms with Gasteiger partial charge in [0.2, 0.25) is 5.56 Å². The van der Waals surface area contributed by atoms with Gasteiger partial charge in [-0.15, -0.1) is 0 Å². The molecule has 102 valence electrons. The number of aromatic amines is 1. The molecule has 1 aliphatic rings. The highest BCUT2D eigenvalue weighted by Gasteiger charge is 2.22. The van der Waals surface area contributed by atoms with Crippen LogP contribution in [0.2, 0.25) is 0 Å². The molecule has 1 amide bonds. The molecule has 0 fully saturated rings. The highest BCUT2D eigenvalue weighted by molar-refractivity contribution is 6.06. The van der Waals surface area contributed by atoms with Crippen molar-refractivity contribution >= 4 is 11.6 Å². The molecule has 1 N–H and O–H groups in total. The number of anilines is 1. The molecule has 1 aliphatic heterocycles. The molecule has 3 rings (SSSR count). The molecule has 0 atom stereocenters. The zero-order chi connectivity index (χ0) is 13.9. The molecule has 0 radical (unpaired) electrons. The smallest absolute Gasteiger partial charge is 0.259 e. The Kier molecular flexibility index (Phi) is 3.25. The average Bonchev–Trinajstić information content (AvgIpc) is 2.69. The predicted octanol–water partition coefficient (Wildman–Crippen LogP) is 1.80. The summed E-state index contributed by atoms with van der Waals surface area (Å²) in [4.78, 5) is 27.9. The number of ether oxygens (including phenoxy) is 1. The summed E-state index contributed by atoms with van der Waals surface area (Å²) < 4.78 is 5.63. The van der Waals surface area contributed by atoms with Crippen molar-refractivity contribution in [2.75, 3.05) is 18.1 Å². The van der Waals surface area contributed by atoms with E-state index >= 15 is 0 Å². The van der Waals surface area contributed by atoms with Crippen LogP contribution < -0.4 is 15.2 Å². The maximum atomic E-state index is 12.6. The van der Waals surface area contributed by atoms with Crippen LogP contribution in [-0.4, -0.2) is 24.0 Å². The van der Waals surface area contributed by atoms with Crippen molar-refractivity contribution in [1.82, 2.24) is 4.98 Å². The van der Waals surface area contributed by atoms with Gasteiger partial charge in [0.1, 0.15) is 5.75 Å². The van der Waals surface area contributed by atoms with Gasteiger partial charge in [0.05, 0.1) is 17.9 Å². The predicted molar refractivity (Wildman–Crippen MR) is 75.3 cm³/mol. The van der Waals surface area contributed by atoms with Gasteiger partial charge in [0, 0.05) is 18.8 Å². The van der Waals surface area contributed by atoms with Gasteiger partial charge >= 0.3 is 0 Å². The highest BCUT2D eigenvalue weighted by atomic mass is 16.5. The third kappa shape index (κ3) is 2.30. The van der Waals surface area contributed by atoms with Crippen molar-refractivity contribution in [3.63, 3.8) is 0 Å². The number of hydrogen-bond acceptors (Lipinski definition) is 3. The Morgan fingerprint density at radius 2 is 2.05 bits per heavy atom. The first kappa shape index (κ1) is 12.5. The van der Waals surface area contributed by atoms with Crippen LogP contribution in [0.3, 0.4) is 0 Å². The summed E-state index contributed by atoms with van der Waals surface area (Å²) in [6, 6.07) is 10.4. The minimum Gasteiger partial charge on any atom is -0.491 e. The van der Waals surface area contributed by atoms with Crippen LogP contribution in [0.5, 0.6) is 5.75 Å². The van der Waals surface area contributed by atoms with Crippen molar-refractivity contribution in [2.45, 2.75) is 6.42 Å². The highest BCUT2D eigenvalue weighted by Crippen LogP contribution is 2.31. The number of para-hydroxylation sites is 2. The molecule has 0 saturated heterocycles. The maximum absolute atomic E-state index is 12.6. The number of benzene rings is 1. The van der Waals surface area contributed by atoms with Crippen LogP contribution in [0, 0.1) is 0 Å². The van der Waals surface area contributed by atoms with Crippen LogP contribution in [-0.2, 0) is 0 Å². The van der Waals surface area contributed by atoms with E-state index in [9.17, 15) is 9.59 Å². The van der Waals surface area contributed by atoms with E-state index in [2.05, 4.69) is 4.98 Å². The van der Waals surface area contributed by atoms with Crippen molar-refractivity contribution in [3.05, 3.63) is 58.5 Å². The summed E-state index contributed by atoms with van der Waals surface area (Å²) in [5, 5.41) is 0. The number of nitrogens with one attached hydrogen (secondary N) is 1. The Balaban J connectivity index is 1.99. The lowest BCUT2D eigenvalue weighted by Crippen LogP contribution is -2.31. The van der Waals surface area contributed by atoms with Gasteiger partial charge in [-0.3, -0.25) is 9.59 Å². The number of hydrogen-bond donors (Lipinski definition) is 1. The zero-order valence-electron chi connectivity index (χ0n) is 10.8. The summed E-state index contributed by atoms with van der Waals surface area (Å²) in [5.41, 5.74) is 1.00. The molecule has 5 nitrogen and oxygen atoms in total. The number of amides is 1. The van der Waals surface area contributed by atoms with E-state index in [1.165, 1.54) is 18.3 Å². The van der Waals surface area contributed by atoms with Gasteiger partial charge in [0.25, 0.3) is 5.91 Å². The Bertz CT molecular complexity index is 673. The van der Waals surface area contributed by atoms with Crippen molar-refractivity contribution in [1.29, 1.82) is 0 Å². The largest absolute Gasteiger partial charge is 0.491 e. The Labute approximate surface area is 115 Å². The Hall–Kier alpha value is -2.56.